The highest BCUT2D eigenvalue weighted by atomic mass is 35.5. The third-order valence-corrected chi connectivity index (χ3v) is 6.39. The second kappa shape index (κ2) is 13.5. The third kappa shape index (κ3) is 8.56. The first kappa shape index (κ1) is 27.0. The first-order chi connectivity index (χ1) is 16.5. The van der Waals surface area contributed by atoms with Gasteiger partial charge in [-0.25, -0.2) is 4.98 Å². The van der Waals surface area contributed by atoms with Gasteiger partial charge in [0.05, 0.1) is 0 Å². The summed E-state index contributed by atoms with van der Waals surface area (Å²) in [6, 6.07) is 19.7. The SMILES string of the molecule is CN(C)CC1CCN(CCOc2ccc(C#Cc3ccc(-c4ccc(Cl)cc4)cn3)cc2)CC1.Cl. The van der Waals surface area contributed by atoms with E-state index in [0.29, 0.717) is 6.61 Å². The molecule has 1 aliphatic heterocycles. The molecule has 184 valence electrons. The van der Waals surface area contributed by atoms with Crippen molar-refractivity contribution in [3.63, 3.8) is 0 Å². The molecule has 1 saturated heterocycles. The van der Waals surface area contributed by atoms with Gasteiger partial charge in [0.25, 0.3) is 0 Å². The molecule has 2 heterocycles. The Hall–Kier alpha value is -2.55. The molecule has 4 nitrogen and oxygen atoms in total. The Morgan fingerprint density at radius 3 is 2.26 bits per heavy atom. The highest BCUT2D eigenvalue weighted by Gasteiger charge is 2.19. The fourth-order valence-electron chi connectivity index (χ4n) is 4.25. The molecule has 0 spiro atoms. The van der Waals surface area contributed by atoms with Gasteiger partial charge < -0.3 is 9.64 Å². The maximum atomic E-state index is 5.96. The van der Waals surface area contributed by atoms with Crippen molar-refractivity contribution in [3.8, 4) is 28.7 Å². The van der Waals surface area contributed by atoms with Crippen LogP contribution in [0.15, 0.2) is 66.9 Å². The van der Waals surface area contributed by atoms with Gasteiger partial charge in [0.1, 0.15) is 18.1 Å². The van der Waals surface area contributed by atoms with Crippen molar-refractivity contribution >= 4 is 24.0 Å². The Kier molecular flexibility index (Phi) is 10.4. The van der Waals surface area contributed by atoms with E-state index in [1.54, 1.807) is 0 Å². The smallest absolute Gasteiger partial charge is 0.119 e. The molecule has 0 bridgehead atoms. The second-order valence-electron chi connectivity index (χ2n) is 9.11. The van der Waals surface area contributed by atoms with Gasteiger partial charge in [0, 0.05) is 35.4 Å². The Morgan fingerprint density at radius 2 is 1.63 bits per heavy atom. The molecule has 0 amide bonds. The number of pyridine rings is 1. The molecular formula is C29H33Cl2N3O. The summed E-state index contributed by atoms with van der Waals surface area (Å²) >= 11 is 5.96. The molecule has 0 radical (unpaired) electrons. The zero-order valence-electron chi connectivity index (χ0n) is 20.4. The Balaban J connectivity index is 0.00000342. The van der Waals surface area contributed by atoms with Gasteiger partial charge in [-0.3, -0.25) is 4.90 Å². The molecule has 6 heteroatoms. The first-order valence-corrected chi connectivity index (χ1v) is 12.3. The van der Waals surface area contributed by atoms with Crippen molar-refractivity contribution in [3.05, 3.63) is 83.1 Å². The van der Waals surface area contributed by atoms with Crippen LogP contribution in [0.1, 0.15) is 24.1 Å². The summed E-state index contributed by atoms with van der Waals surface area (Å²) in [5, 5.41) is 0.728. The molecule has 1 aliphatic rings. The summed E-state index contributed by atoms with van der Waals surface area (Å²) in [5.41, 5.74) is 3.81. The van der Waals surface area contributed by atoms with Gasteiger partial charge in [-0.2, -0.15) is 0 Å². The van der Waals surface area contributed by atoms with E-state index in [-0.39, 0.29) is 12.4 Å². The first-order valence-electron chi connectivity index (χ1n) is 11.9. The number of hydrogen-bond donors (Lipinski definition) is 0. The molecule has 0 atom stereocenters. The van der Waals surface area contributed by atoms with Gasteiger partial charge in [-0.15, -0.1) is 12.4 Å². The van der Waals surface area contributed by atoms with Gasteiger partial charge >= 0.3 is 0 Å². The molecule has 1 aromatic heterocycles. The van der Waals surface area contributed by atoms with E-state index >= 15 is 0 Å². The van der Waals surface area contributed by atoms with E-state index in [1.807, 2.05) is 66.9 Å². The molecule has 0 N–H and O–H groups in total. The lowest BCUT2D eigenvalue weighted by atomic mass is 9.96. The van der Waals surface area contributed by atoms with Crippen molar-refractivity contribution in [2.45, 2.75) is 12.8 Å². The monoisotopic (exact) mass is 509 g/mol. The van der Waals surface area contributed by atoms with Crippen molar-refractivity contribution < 1.29 is 4.74 Å². The summed E-state index contributed by atoms with van der Waals surface area (Å²) in [4.78, 5) is 9.28. The number of likely N-dealkylation sites (tertiary alicyclic amines) is 1. The Labute approximate surface area is 220 Å². The van der Waals surface area contributed by atoms with Gasteiger partial charge in [-0.05, 0) is 99.9 Å². The normalized spacial score (nSPS) is 14.2. The lowest BCUT2D eigenvalue weighted by Gasteiger charge is -2.33. The summed E-state index contributed by atoms with van der Waals surface area (Å²) in [7, 11) is 4.32. The van der Waals surface area contributed by atoms with Crippen molar-refractivity contribution in [1.82, 2.24) is 14.8 Å². The average Bonchev–Trinajstić information content (AvgIpc) is 2.85. The van der Waals surface area contributed by atoms with Crippen LogP contribution >= 0.6 is 24.0 Å². The number of nitrogens with zero attached hydrogens (tertiary/aromatic N) is 3. The minimum absolute atomic E-state index is 0. The molecule has 0 aliphatic carbocycles. The Morgan fingerprint density at radius 1 is 0.943 bits per heavy atom. The summed E-state index contributed by atoms with van der Waals surface area (Å²) < 4.78 is 5.96. The predicted molar refractivity (Wildman–Crippen MR) is 148 cm³/mol. The van der Waals surface area contributed by atoms with Gasteiger partial charge in [-0.1, -0.05) is 35.7 Å². The summed E-state index contributed by atoms with van der Waals surface area (Å²) in [6.07, 6.45) is 4.41. The van der Waals surface area contributed by atoms with Crippen molar-refractivity contribution in [2.24, 2.45) is 5.92 Å². The van der Waals surface area contributed by atoms with E-state index < -0.39 is 0 Å². The van der Waals surface area contributed by atoms with Crippen LogP contribution in [0.25, 0.3) is 11.1 Å². The minimum atomic E-state index is 0. The van der Waals surface area contributed by atoms with E-state index in [2.05, 4.69) is 40.7 Å². The molecular weight excluding hydrogens is 477 g/mol. The summed E-state index contributed by atoms with van der Waals surface area (Å²) in [5.74, 6) is 8.04. The second-order valence-corrected chi connectivity index (χ2v) is 9.55. The van der Waals surface area contributed by atoms with Crippen LogP contribution in [0.5, 0.6) is 5.75 Å². The molecule has 4 rings (SSSR count). The largest absolute Gasteiger partial charge is 0.492 e. The predicted octanol–water partition coefficient (Wildman–Crippen LogP) is 5.88. The average molecular weight is 511 g/mol. The number of rotatable bonds is 7. The third-order valence-electron chi connectivity index (χ3n) is 6.14. The molecule has 2 aromatic carbocycles. The standard InChI is InChI=1S/C29H32ClN3O.ClH/c1-32(2)22-24-15-17-33(18-16-24)19-20-34-29-13-4-23(5-14-29)3-11-28-12-8-26(21-31-28)25-6-9-27(30)10-7-25;/h4-10,12-14,21,24H,15-20,22H2,1-2H3;1H. The van der Waals surface area contributed by atoms with Crippen LogP contribution in [-0.4, -0.2) is 61.7 Å². The lowest BCUT2D eigenvalue weighted by molar-refractivity contribution is 0.141. The van der Waals surface area contributed by atoms with Crippen LogP contribution in [-0.2, 0) is 0 Å². The zero-order valence-corrected chi connectivity index (χ0v) is 22.0. The van der Waals surface area contributed by atoms with Crippen molar-refractivity contribution in [1.29, 1.82) is 0 Å². The highest BCUT2D eigenvalue weighted by molar-refractivity contribution is 6.30. The van der Waals surface area contributed by atoms with Gasteiger partial charge in [0.2, 0.25) is 0 Å². The van der Waals surface area contributed by atoms with Crippen LogP contribution < -0.4 is 4.74 Å². The number of piperidine rings is 1. The van der Waals surface area contributed by atoms with E-state index in [0.717, 1.165) is 45.6 Å². The minimum Gasteiger partial charge on any atom is -0.492 e. The van der Waals surface area contributed by atoms with Crippen LogP contribution in [0.3, 0.4) is 0 Å². The maximum absolute atomic E-state index is 5.96. The van der Waals surface area contributed by atoms with Crippen LogP contribution in [0, 0.1) is 17.8 Å². The summed E-state index contributed by atoms with van der Waals surface area (Å²) in [6.45, 7) is 5.24. The number of aromatic nitrogens is 1. The quantitative estimate of drug-likeness (QED) is 0.372. The van der Waals surface area contributed by atoms with Crippen LogP contribution in [0.4, 0.5) is 0 Å². The van der Waals surface area contributed by atoms with E-state index in [1.165, 1.54) is 32.5 Å². The molecule has 3 aromatic rings. The topological polar surface area (TPSA) is 28.6 Å². The van der Waals surface area contributed by atoms with E-state index in [9.17, 15) is 0 Å². The van der Waals surface area contributed by atoms with Gasteiger partial charge in [0.15, 0.2) is 0 Å². The van der Waals surface area contributed by atoms with Crippen LogP contribution in [0.2, 0.25) is 5.02 Å². The highest BCUT2D eigenvalue weighted by Crippen LogP contribution is 2.21. The zero-order chi connectivity index (χ0) is 23.8. The molecule has 0 saturated carbocycles. The molecule has 1 fully saturated rings. The maximum Gasteiger partial charge on any atom is 0.119 e. The fraction of sp³-hybridized carbons (Fsp3) is 0.345. The number of hydrogen-bond acceptors (Lipinski definition) is 4. The van der Waals surface area contributed by atoms with E-state index in [4.69, 9.17) is 16.3 Å². The molecule has 35 heavy (non-hydrogen) atoms. The number of halogens is 2. The number of benzene rings is 2. The Bertz CT molecular complexity index is 1100. The number of ether oxygens (including phenoxy) is 1. The lowest BCUT2D eigenvalue weighted by Crippen LogP contribution is -2.39. The van der Waals surface area contributed by atoms with Crippen molar-refractivity contribution in [2.75, 3.05) is 46.9 Å². The fourth-order valence-corrected chi connectivity index (χ4v) is 4.38. The molecule has 0 unspecified atom stereocenters.